The van der Waals surface area contributed by atoms with Crippen molar-refractivity contribution in [3.63, 3.8) is 0 Å². The van der Waals surface area contributed by atoms with E-state index < -0.39 is 0 Å². The zero-order valence-corrected chi connectivity index (χ0v) is 12.6. The molecule has 0 atom stereocenters. The van der Waals surface area contributed by atoms with Gasteiger partial charge in [0.2, 0.25) is 0 Å². The third-order valence-electron chi connectivity index (χ3n) is 3.68. The second kappa shape index (κ2) is 5.52. The summed E-state index contributed by atoms with van der Waals surface area (Å²) in [5.74, 6) is 1.68. The second-order valence-electron chi connectivity index (χ2n) is 5.25. The lowest BCUT2D eigenvalue weighted by molar-refractivity contribution is 0.306. The molecule has 0 amide bonds. The van der Waals surface area contributed by atoms with Gasteiger partial charge in [0, 0.05) is 29.7 Å². The number of aryl methyl sites for hydroxylation is 2. The van der Waals surface area contributed by atoms with E-state index in [0.717, 1.165) is 11.5 Å². The zero-order chi connectivity index (χ0) is 14.8. The summed E-state index contributed by atoms with van der Waals surface area (Å²) in [6.45, 7) is 2.67. The Bertz CT molecular complexity index is 757. The van der Waals surface area contributed by atoms with Crippen LogP contribution >= 0.6 is 0 Å². The van der Waals surface area contributed by atoms with Crippen LogP contribution in [0.25, 0.3) is 10.9 Å². The van der Waals surface area contributed by atoms with Crippen molar-refractivity contribution in [1.29, 1.82) is 0 Å². The molecule has 1 aromatic heterocycles. The Morgan fingerprint density at radius 3 is 2.43 bits per heavy atom. The highest BCUT2D eigenvalue weighted by Gasteiger charge is 2.07. The Hall–Kier alpha value is -2.42. The van der Waals surface area contributed by atoms with Crippen molar-refractivity contribution in [1.82, 2.24) is 4.57 Å². The lowest BCUT2D eigenvalue weighted by Crippen LogP contribution is -1.94. The Morgan fingerprint density at radius 1 is 1.00 bits per heavy atom. The van der Waals surface area contributed by atoms with Crippen LogP contribution < -0.4 is 9.47 Å². The van der Waals surface area contributed by atoms with Crippen LogP contribution in [-0.2, 0) is 13.7 Å². The van der Waals surface area contributed by atoms with Crippen LogP contribution in [0.15, 0.2) is 48.7 Å². The summed E-state index contributed by atoms with van der Waals surface area (Å²) < 4.78 is 13.2. The van der Waals surface area contributed by atoms with Crippen LogP contribution in [0.5, 0.6) is 11.5 Å². The second-order valence-corrected chi connectivity index (χ2v) is 5.25. The maximum Gasteiger partial charge on any atom is 0.120 e. The number of rotatable bonds is 4. The van der Waals surface area contributed by atoms with Crippen LogP contribution in [0, 0.1) is 6.92 Å². The van der Waals surface area contributed by atoms with Gasteiger partial charge in [0.25, 0.3) is 0 Å². The van der Waals surface area contributed by atoms with Crippen molar-refractivity contribution in [3.05, 3.63) is 59.8 Å². The van der Waals surface area contributed by atoms with Crippen molar-refractivity contribution >= 4 is 10.9 Å². The largest absolute Gasteiger partial charge is 0.497 e. The van der Waals surface area contributed by atoms with E-state index in [1.54, 1.807) is 7.11 Å². The monoisotopic (exact) mass is 281 g/mol. The number of hydrogen-bond donors (Lipinski definition) is 0. The number of benzene rings is 2. The first-order chi connectivity index (χ1) is 10.2. The summed E-state index contributed by atoms with van der Waals surface area (Å²) in [5, 5.41) is 1.26. The van der Waals surface area contributed by atoms with Crippen LogP contribution in [0.1, 0.15) is 11.1 Å². The van der Waals surface area contributed by atoms with Gasteiger partial charge in [-0.15, -0.1) is 0 Å². The molecule has 0 spiro atoms. The van der Waals surface area contributed by atoms with Crippen molar-refractivity contribution in [2.45, 2.75) is 13.5 Å². The number of methoxy groups -OCH3 is 1. The smallest absolute Gasteiger partial charge is 0.120 e. The van der Waals surface area contributed by atoms with Gasteiger partial charge in [0.1, 0.15) is 18.1 Å². The van der Waals surface area contributed by atoms with Gasteiger partial charge in [-0.3, -0.25) is 0 Å². The summed E-state index contributed by atoms with van der Waals surface area (Å²) in [7, 11) is 3.73. The molecule has 108 valence electrons. The van der Waals surface area contributed by atoms with Crippen molar-refractivity contribution < 1.29 is 9.47 Å². The van der Waals surface area contributed by atoms with E-state index in [-0.39, 0.29) is 0 Å². The van der Waals surface area contributed by atoms with E-state index in [1.165, 1.54) is 22.0 Å². The number of hydrogen-bond acceptors (Lipinski definition) is 2. The summed E-state index contributed by atoms with van der Waals surface area (Å²) >= 11 is 0. The van der Waals surface area contributed by atoms with E-state index in [1.807, 2.05) is 24.3 Å². The van der Waals surface area contributed by atoms with Crippen molar-refractivity contribution in [2.24, 2.45) is 7.05 Å². The lowest BCUT2D eigenvalue weighted by atomic mass is 10.1. The number of fused-ring (bicyclic) bond motifs is 1. The minimum atomic E-state index is 0.563. The lowest BCUT2D eigenvalue weighted by Gasteiger charge is -2.06. The fourth-order valence-electron chi connectivity index (χ4n) is 2.54. The fourth-order valence-corrected chi connectivity index (χ4v) is 2.54. The Balaban J connectivity index is 1.82. The van der Waals surface area contributed by atoms with Gasteiger partial charge in [0.15, 0.2) is 0 Å². The molecule has 3 heteroatoms. The van der Waals surface area contributed by atoms with Crippen LogP contribution in [-0.4, -0.2) is 11.7 Å². The molecule has 0 saturated carbocycles. The standard InChI is InChI=1S/C18H19NO2/c1-13-4-9-18-17(10-13)14(11-19(18)2)12-21-16-7-5-15(20-3)6-8-16/h4-11H,12H2,1-3H3. The van der Waals surface area contributed by atoms with E-state index in [9.17, 15) is 0 Å². The Morgan fingerprint density at radius 2 is 1.71 bits per heavy atom. The first-order valence-corrected chi connectivity index (χ1v) is 6.99. The van der Waals surface area contributed by atoms with Gasteiger partial charge < -0.3 is 14.0 Å². The Labute approximate surface area is 124 Å². The van der Waals surface area contributed by atoms with Crippen molar-refractivity contribution in [2.75, 3.05) is 7.11 Å². The number of nitrogens with zero attached hydrogens (tertiary/aromatic N) is 1. The van der Waals surface area contributed by atoms with Crippen LogP contribution in [0.3, 0.4) is 0 Å². The highest BCUT2D eigenvalue weighted by molar-refractivity contribution is 5.84. The van der Waals surface area contributed by atoms with Gasteiger partial charge in [-0.25, -0.2) is 0 Å². The van der Waals surface area contributed by atoms with Gasteiger partial charge >= 0.3 is 0 Å². The predicted octanol–water partition coefficient (Wildman–Crippen LogP) is 4.07. The topological polar surface area (TPSA) is 23.4 Å². The maximum absolute atomic E-state index is 5.88. The highest BCUT2D eigenvalue weighted by atomic mass is 16.5. The molecular formula is C18H19NO2. The summed E-state index contributed by atoms with van der Waals surface area (Å²) in [5.41, 5.74) is 3.69. The molecule has 0 N–H and O–H groups in total. The third-order valence-corrected chi connectivity index (χ3v) is 3.68. The van der Waals surface area contributed by atoms with Crippen LogP contribution in [0.4, 0.5) is 0 Å². The predicted molar refractivity (Wildman–Crippen MR) is 85.0 cm³/mol. The molecule has 0 radical (unpaired) electrons. The molecule has 0 aliphatic rings. The highest BCUT2D eigenvalue weighted by Crippen LogP contribution is 2.24. The molecule has 0 bridgehead atoms. The van der Waals surface area contributed by atoms with Gasteiger partial charge in [-0.1, -0.05) is 11.6 Å². The van der Waals surface area contributed by atoms with Crippen molar-refractivity contribution in [3.8, 4) is 11.5 Å². The number of ether oxygens (including phenoxy) is 2. The van der Waals surface area contributed by atoms with Crippen LogP contribution in [0.2, 0.25) is 0 Å². The first-order valence-electron chi connectivity index (χ1n) is 6.99. The molecule has 3 nitrogen and oxygen atoms in total. The molecule has 0 unspecified atom stereocenters. The molecule has 3 rings (SSSR count). The molecular weight excluding hydrogens is 262 g/mol. The van der Waals surface area contributed by atoms with Gasteiger partial charge in [-0.05, 0) is 43.3 Å². The third kappa shape index (κ3) is 2.72. The average molecular weight is 281 g/mol. The molecule has 3 aromatic rings. The number of aromatic nitrogens is 1. The minimum absolute atomic E-state index is 0.563. The fraction of sp³-hybridized carbons (Fsp3) is 0.222. The normalized spacial score (nSPS) is 10.8. The minimum Gasteiger partial charge on any atom is -0.497 e. The summed E-state index contributed by atoms with van der Waals surface area (Å²) in [6, 6.07) is 14.2. The summed E-state index contributed by atoms with van der Waals surface area (Å²) in [6.07, 6.45) is 2.13. The molecule has 0 aliphatic heterocycles. The molecule has 1 heterocycles. The molecule has 0 aliphatic carbocycles. The first kappa shape index (κ1) is 13.6. The van der Waals surface area contributed by atoms with E-state index in [2.05, 4.69) is 42.9 Å². The van der Waals surface area contributed by atoms with Gasteiger partial charge in [-0.2, -0.15) is 0 Å². The quantitative estimate of drug-likeness (QED) is 0.719. The molecule has 0 fully saturated rings. The maximum atomic E-state index is 5.88. The molecule has 2 aromatic carbocycles. The van der Waals surface area contributed by atoms with E-state index >= 15 is 0 Å². The molecule has 21 heavy (non-hydrogen) atoms. The van der Waals surface area contributed by atoms with E-state index in [4.69, 9.17) is 9.47 Å². The Kier molecular flexibility index (Phi) is 3.57. The summed E-state index contributed by atoms with van der Waals surface area (Å²) in [4.78, 5) is 0. The molecule has 0 saturated heterocycles. The zero-order valence-electron chi connectivity index (χ0n) is 12.6. The van der Waals surface area contributed by atoms with Gasteiger partial charge in [0.05, 0.1) is 7.11 Å². The van der Waals surface area contributed by atoms with E-state index in [0.29, 0.717) is 6.61 Å². The SMILES string of the molecule is COc1ccc(OCc2cn(C)c3ccc(C)cc23)cc1. The average Bonchev–Trinajstić information content (AvgIpc) is 2.81.